The smallest absolute Gasteiger partial charge is 0.255 e. The highest BCUT2D eigenvalue weighted by Crippen LogP contribution is 2.20. The molecule has 22 heavy (non-hydrogen) atoms. The van der Waals surface area contributed by atoms with Gasteiger partial charge in [-0.1, -0.05) is 6.07 Å². The van der Waals surface area contributed by atoms with Gasteiger partial charge in [0.2, 0.25) is 0 Å². The van der Waals surface area contributed by atoms with E-state index < -0.39 is 0 Å². The zero-order chi connectivity index (χ0) is 16.1. The summed E-state index contributed by atoms with van der Waals surface area (Å²) < 4.78 is 0. The molecule has 0 aliphatic rings. The molecule has 1 amide bonds. The molecule has 116 valence electrons. The number of benzene rings is 1. The van der Waals surface area contributed by atoms with Crippen molar-refractivity contribution in [2.24, 2.45) is 0 Å². The van der Waals surface area contributed by atoms with E-state index in [2.05, 4.69) is 42.3 Å². The molecule has 1 heterocycles. The molecule has 0 atom stereocenters. The molecule has 1 N–H and O–H groups in total. The second-order valence-electron chi connectivity index (χ2n) is 5.44. The molecule has 4 nitrogen and oxygen atoms in total. The molecular weight excluding hydrogens is 274 g/mol. The number of rotatable bonds is 5. The Kier molecular flexibility index (Phi) is 5.15. The van der Waals surface area contributed by atoms with Gasteiger partial charge in [-0.3, -0.25) is 9.78 Å². The van der Waals surface area contributed by atoms with Gasteiger partial charge >= 0.3 is 0 Å². The van der Waals surface area contributed by atoms with E-state index in [1.54, 1.807) is 17.3 Å². The normalized spacial score (nSPS) is 10.4. The molecule has 0 aliphatic carbocycles. The van der Waals surface area contributed by atoms with Gasteiger partial charge in [-0.05, 0) is 57.0 Å². The molecule has 1 aromatic carbocycles. The fraction of sp³-hybridized carbons (Fsp3) is 0.333. The lowest BCUT2D eigenvalue weighted by molar-refractivity contribution is 0.0772. The first-order valence-corrected chi connectivity index (χ1v) is 7.63. The number of aromatic nitrogens is 1. The van der Waals surface area contributed by atoms with Crippen LogP contribution in [0.3, 0.4) is 0 Å². The molecule has 1 aromatic heterocycles. The lowest BCUT2D eigenvalue weighted by Crippen LogP contribution is -2.30. The molecule has 0 fully saturated rings. The monoisotopic (exact) mass is 297 g/mol. The average molecular weight is 297 g/mol. The lowest BCUT2D eigenvalue weighted by Gasteiger charge is -2.18. The molecule has 2 rings (SSSR count). The van der Waals surface area contributed by atoms with Gasteiger partial charge in [0.25, 0.3) is 5.91 Å². The summed E-state index contributed by atoms with van der Waals surface area (Å²) in [5, 5.41) is 3.32. The second kappa shape index (κ2) is 7.07. The number of anilines is 2. The molecule has 4 heteroatoms. The van der Waals surface area contributed by atoms with E-state index in [0.717, 1.165) is 11.4 Å². The summed E-state index contributed by atoms with van der Waals surface area (Å²) in [6.07, 6.45) is 3.35. The fourth-order valence-corrected chi connectivity index (χ4v) is 2.53. The van der Waals surface area contributed by atoms with Crippen LogP contribution in [0.1, 0.15) is 35.3 Å². The molecule has 0 saturated heterocycles. The highest BCUT2D eigenvalue weighted by Gasteiger charge is 2.13. The Morgan fingerprint density at radius 1 is 1.00 bits per heavy atom. The SMILES string of the molecule is CCN(CC)C(=O)c1cncc(Nc2cc(C)cc(C)c2)c1. The van der Waals surface area contributed by atoms with Crippen molar-refractivity contribution in [1.29, 1.82) is 0 Å². The second-order valence-corrected chi connectivity index (χ2v) is 5.44. The van der Waals surface area contributed by atoms with E-state index in [9.17, 15) is 4.79 Å². The Morgan fingerprint density at radius 3 is 2.23 bits per heavy atom. The fourth-order valence-electron chi connectivity index (χ4n) is 2.53. The molecular formula is C18H23N3O. The van der Waals surface area contributed by atoms with Crippen LogP contribution in [0, 0.1) is 13.8 Å². The van der Waals surface area contributed by atoms with Gasteiger partial charge in [-0.25, -0.2) is 0 Å². The zero-order valence-electron chi connectivity index (χ0n) is 13.7. The number of carbonyl (C=O) groups is 1. The Morgan fingerprint density at radius 2 is 1.64 bits per heavy atom. The molecule has 0 aliphatic heterocycles. The van der Waals surface area contributed by atoms with Crippen molar-refractivity contribution in [2.75, 3.05) is 18.4 Å². The maximum Gasteiger partial charge on any atom is 0.255 e. The maximum atomic E-state index is 12.4. The Labute approximate surface area is 132 Å². The summed E-state index contributed by atoms with van der Waals surface area (Å²) in [5.74, 6) is 0.0153. The van der Waals surface area contributed by atoms with Crippen molar-refractivity contribution in [3.05, 3.63) is 53.3 Å². The largest absolute Gasteiger partial charge is 0.354 e. The third-order valence-corrected chi connectivity index (χ3v) is 3.55. The van der Waals surface area contributed by atoms with Crippen LogP contribution in [0.4, 0.5) is 11.4 Å². The third-order valence-electron chi connectivity index (χ3n) is 3.55. The summed E-state index contributed by atoms with van der Waals surface area (Å²) in [5.41, 5.74) is 4.84. The Bertz CT molecular complexity index is 643. The minimum atomic E-state index is 0.0153. The van der Waals surface area contributed by atoms with Crippen LogP contribution in [0.15, 0.2) is 36.7 Å². The van der Waals surface area contributed by atoms with Gasteiger partial charge in [0.05, 0.1) is 17.4 Å². The van der Waals surface area contributed by atoms with E-state index in [1.165, 1.54) is 11.1 Å². The van der Waals surface area contributed by atoms with Crippen molar-refractivity contribution in [2.45, 2.75) is 27.7 Å². The zero-order valence-corrected chi connectivity index (χ0v) is 13.7. The molecule has 0 spiro atoms. The highest BCUT2D eigenvalue weighted by atomic mass is 16.2. The first-order chi connectivity index (χ1) is 10.5. The summed E-state index contributed by atoms with van der Waals surface area (Å²) in [6.45, 7) is 9.49. The number of aryl methyl sites for hydroxylation is 2. The van der Waals surface area contributed by atoms with Gasteiger partial charge in [0.15, 0.2) is 0 Å². The van der Waals surface area contributed by atoms with Crippen LogP contribution in [-0.2, 0) is 0 Å². The number of nitrogens with one attached hydrogen (secondary N) is 1. The maximum absolute atomic E-state index is 12.4. The predicted molar refractivity (Wildman–Crippen MR) is 90.7 cm³/mol. The van der Waals surface area contributed by atoms with E-state index in [1.807, 2.05) is 19.9 Å². The number of carbonyl (C=O) groups excluding carboxylic acids is 1. The van der Waals surface area contributed by atoms with Crippen LogP contribution in [0.5, 0.6) is 0 Å². The van der Waals surface area contributed by atoms with Gasteiger partial charge in [-0.2, -0.15) is 0 Å². The minimum absolute atomic E-state index is 0.0153. The molecule has 0 unspecified atom stereocenters. The van der Waals surface area contributed by atoms with Crippen molar-refractivity contribution in [3.63, 3.8) is 0 Å². The topological polar surface area (TPSA) is 45.2 Å². The quantitative estimate of drug-likeness (QED) is 0.909. The number of hydrogen-bond donors (Lipinski definition) is 1. The first-order valence-electron chi connectivity index (χ1n) is 7.63. The predicted octanol–water partition coefficient (Wildman–Crippen LogP) is 3.92. The Balaban J connectivity index is 2.23. The number of pyridine rings is 1. The van der Waals surface area contributed by atoms with Gasteiger partial charge in [-0.15, -0.1) is 0 Å². The average Bonchev–Trinajstić information content (AvgIpc) is 2.47. The summed E-state index contributed by atoms with van der Waals surface area (Å²) in [6, 6.07) is 8.13. The number of nitrogens with zero attached hydrogens (tertiary/aromatic N) is 2. The third kappa shape index (κ3) is 3.85. The van der Waals surface area contributed by atoms with E-state index >= 15 is 0 Å². The summed E-state index contributed by atoms with van der Waals surface area (Å²) >= 11 is 0. The van der Waals surface area contributed by atoms with Crippen LogP contribution in [-0.4, -0.2) is 28.9 Å². The standard InChI is InChI=1S/C18H23N3O/c1-5-21(6-2)18(22)15-10-17(12-19-11-15)20-16-8-13(3)7-14(4)9-16/h7-12,20H,5-6H2,1-4H3. The van der Waals surface area contributed by atoms with Crippen LogP contribution in [0.25, 0.3) is 0 Å². The first kappa shape index (κ1) is 16.0. The molecule has 0 saturated carbocycles. The van der Waals surface area contributed by atoms with Crippen LogP contribution in [0.2, 0.25) is 0 Å². The number of hydrogen-bond acceptors (Lipinski definition) is 3. The van der Waals surface area contributed by atoms with E-state index in [0.29, 0.717) is 18.7 Å². The number of amides is 1. The minimum Gasteiger partial charge on any atom is -0.354 e. The van der Waals surface area contributed by atoms with Crippen molar-refractivity contribution in [1.82, 2.24) is 9.88 Å². The Hall–Kier alpha value is -2.36. The molecule has 0 radical (unpaired) electrons. The summed E-state index contributed by atoms with van der Waals surface area (Å²) in [4.78, 5) is 18.4. The summed E-state index contributed by atoms with van der Waals surface area (Å²) in [7, 11) is 0. The highest BCUT2D eigenvalue weighted by molar-refractivity contribution is 5.94. The molecule has 2 aromatic rings. The van der Waals surface area contributed by atoms with E-state index in [4.69, 9.17) is 0 Å². The van der Waals surface area contributed by atoms with Crippen molar-refractivity contribution >= 4 is 17.3 Å². The van der Waals surface area contributed by atoms with Gasteiger partial charge in [0.1, 0.15) is 0 Å². The van der Waals surface area contributed by atoms with Crippen LogP contribution >= 0.6 is 0 Å². The van der Waals surface area contributed by atoms with Crippen molar-refractivity contribution in [3.8, 4) is 0 Å². The van der Waals surface area contributed by atoms with Crippen LogP contribution < -0.4 is 5.32 Å². The van der Waals surface area contributed by atoms with E-state index in [-0.39, 0.29) is 5.91 Å². The molecule has 0 bridgehead atoms. The van der Waals surface area contributed by atoms with Crippen molar-refractivity contribution < 1.29 is 4.79 Å². The van der Waals surface area contributed by atoms with Gasteiger partial charge < -0.3 is 10.2 Å². The lowest BCUT2D eigenvalue weighted by atomic mass is 10.1. The van der Waals surface area contributed by atoms with Gasteiger partial charge in [0, 0.05) is 25.0 Å².